The summed E-state index contributed by atoms with van der Waals surface area (Å²) < 4.78 is 38.8. The predicted molar refractivity (Wildman–Crippen MR) is 36.1 cm³/mol. The van der Waals surface area contributed by atoms with Gasteiger partial charge >= 0.3 is 5.97 Å². The first kappa shape index (κ1) is 3.04. The van der Waals surface area contributed by atoms with Crippen molar-refractivity contribution in [1.82, 2.24) is 0 Å². The molecule has 0 aromatic carbocycles. The summed E-state index contributed by atoms with van der Waals surface area (Å²) in [5, 5.41) is 0. The third kappa shape index (κ3) is 3.12. The number of hydrogen-bond acceptors (Lipinski definition) is 2. The second-order valence-corrected chi connectivity index (χ2v) is 1.83. The van der Waals surface area contributed by atoms with Gasteiger partial charge in [0.15, 0.2) is 0 Å². The molecule has 1 atom stereocenters. The molecular weight excluding hydrogens is 116 g/mol. The highest BCUT2D eigenvalue weighted by molar-refractivity contribution is 5.71. The average molecular weight is 135 g/mol. The number of ether oxygens (including phenoxy) is 1. The number of carbonyl (C=O) groups is 1. The topological polar surface area (TPSA) is 26.3 Å². The van der Waals surface area contributed by atoms with Crippen molar-refractivity contribution in [3.05, 3.63) is 0 Å². The molecule has 0 saturated heterocycles. The van der Waals surface area contributed by atoms with Crippen molar-refractivity contribution < 1.29 is 16.4 Å². The first-order valence-electron chi connectivity index (χ1n) is 5.34. The first-order chi connectivity index (χ1) is 6.12. The monoisotopic (exact) mass is 135 g/mol. The molecule has 2 heteroatoms. The fourth-order valence-electron chi connectivity index (χ4n) is 0.318. The molecule has 0 saturated carbocycles. The van der Waals surface area contributed by atoms with Crippen molar-refractivity contribution in [2.45, 2.75) is 27.1 Å². The van der Waals surface area contributed by atoms with Crippen LogP contribution in [-0.2, 0) is 9.53 Å². The molecule has 0 N–H and O–H groups in total. The van der Waals surface area contributed by atoms with E-state index in [1.54, 1.807) is 13.8 Å². The van der Waals surface area contributed by atoms with Gasteiger partial charge in [0.05, 0.1) is 15.2 Å². The Morgan fingerprint density at radius 2 is 2.67 bits per heavy atom. The van der Waals surface area contributed by atoms with E-state index < -0.39 is 25.3 Å². The maximum Gasteiger partial charge on any atom is 0.308 e. The van der Waals surface area contributed by atoms with E-state index >= 15 is 0 Å². The summed E-state index contributed by atoms with van der Waals surface area (Å²) >= 11 is 0. The Balaban J connectivity index is 4.45. The highest BCUT2D eigenvalue weighted by Crippen LogP contribution is 2.01. The van der Waals surface area contributed by atoms with Crippen LogP contribution in [0, 0.1) is 5.92 Å². The zero-order valence-corrected chi connectivity index (χ0v) is 5.60. The summed E-state index contributed by atoms with van der Waals surface area (Å²) in [6, 6.07) is 0. The molecule has 0 aliphatic carbocycles. The van der Waals surface area contributed by atoms with Crippen LogP contribution in [0.2, 0.25) is 0 Å². The minimum atomic E-state index is -2.95. The summed E-state index contributed by atoms with van der Waals surface area (Å²) in [7, 11) is 0. The highest BCUT2D eigenvalue weighted by Gasteiger charge is 2.09. The van der Waals surface area contributed by atoms with Gasteiger partial charge in [0, 0.05) is 4.11 Å². The van der Waals surface area contributed by atoms with E-state index in [0.717, 1.165) is 0 Å². The molecule has 0 spiro atoms. The minimum absolute atomic E-state index is 0.482. The fourth-order valence-corrected chi connectivity index (χ4v) is 0.318. The molecule has 0 rings (SSSR count). The van der Waals surface area contributed by atoms with Gasteiger partial charge in [-0.05, 0) is 13.3 Å². The fraction of sp³-hybridized carbons (Fsp3) is 0.857. The molecule has 0 aliphatic rings. The normalized spacial score (nSPS) is 24.0. The van der Waals surface area contributed by atoms with E-state index in [1.807, 2.05) is 0 Å². The molecule has 0 amide bonds. The van der Waals surface area contributed by atoms with Gasteiger partial charge < -0.3 is 4.74 Å². The highest BCUT2D eigenvalue weighted by atomic mass is 16.5. The van der Waals surface area contributed by atoms with Crippen LogP contribution in [0.15, 0.2) is 0 Å². The molecule has 0 radical (unpaired) electrons. The zero-order chi connectivity index (χ0) is 11.6. The van der Waals surface area contributed by atoms with Gasteiger partial charge in [-0.25, -0.2) is 0 Å². The van der Waals surface area contributed by atoms with Crippen LogP contribution < -0.4 is 0 Å². The van der Waals surface area contributed by atoms with Crippen molar-refractivity contribution in [2.75, 3.05) is 6.56 Å². The molecule has 0 bridgehead atoms. The number of rotatable bonds is 3. The molecule has 0 fully saturated rings. The Labute approximate surface area is 63.2 Å². The number of hydrogen-bond donors (Lipinski definition) is 0. The average Bonchev–Trinajstić information content (AvgIpc) is 2.00. The van der Waals surface area contributed by atoms with Crippen LogP contribution in [0.5, 0.6) is 0 Å². The van der Waals surface area contributed by atoms with E-state index in [1.165, 1.54) is 0 Å². The number of esters is 1. The smallest absolute Gasteiger partial charge is 0.308 e. The van der Waals surface area contributed by atoms with Crippen LogP contribution in [0.25, 0.3) is 0 Å². The van der Waals surface area contributed by atoms with Crippen LogP contribution in [0.4, 0.5) is 0 Å². The van der Waals surface area contributed by atoms with Gasteiger partial charge in [-0.15, -0.1) is 0 Å². The van der Waals surface area contributed by atoms with Gasteiger partial charge in [0.1, 0.15) is 0 Å². The van der Waals surface area contributed by atoms with Crippen LogP contribution in [-0.4, -0.2) is 12.5 Å². The third-order valence-electron chi connectivity index (χ3n) is 1.17. The van der Waals surface area contributed by atoms with Gasteiger partial charge in [0.2, 0.25) is 0 Å². The van der Waals surface area contributed by atoms with Crippen molar-refractivity contribution in [1.29, 1.82) is 0 Å². The second kappa shape index (κ2) is 4.36. The van der Waals surface area contributed by atoms with Gasteiger partial charge in [-0.3, -0.25) is 4.79 Å². The summed E-state index contributed by atoms with van der Waals surface area (Å²) in [6.07, 6.45) is 0.482. The molecule has 0 aliphatic heterocycles. The van der Waals surface area contributed by atoms with E-state index in [2.05, 4.69) is 4.74 Å². The van der Waals surface area contributed by atoms with Crippen LogP contribution in [0.1, 0.15) is 34.0 Å². The Hall–Kier alpha value is -0.530. The van der Waals surface area contributed by atoms with Crippen molar-refractivity contribution >= 4 is 5.97 Å². The van der Waals surface area contributed by atoms with Gasteiger partial charge in [-0.1, -0.05) is 13.8 Å². The quantitative estimate of drug-likeness (QED) is 0.549. The molecule has 0 aromatic rings. The predicted octanol–water partition coefficient (Wildman–Crippen LogP) is 1.60. The van der Waals surface area contributed by atoms with Crippen molar-refractivity contribution in [3.8, 4) is 0 Å². The van der Waals surface area contributed by atoms with E-state index in [9.17, 15) is 4.79 Å². The lowest BCUT2D eigenvalue weighted by Crippen LogP contribution is -2.13. The lowest BCUT2D eigenvalue weighted by atomic mass is 10.1. The lowest BCUT2D eigenvalue weighted by molar-refractivity contribution is -0.147. The van der Waals surface area contributed by atoms with E-state index in [-0.39, 0.29) is 0 Å². The van der Waals surface area contributed by atoms with Gasteiger partial charge in [0.25, 0.3) is 0 Å². The molecule has 0 unspecified atom stereocenters. The summed E-state index contributed by atoms with van der Waals surface area (Å²) in [5.41, 5.74) is 0. The largest absolute Gasteiger partial charge is 0.466 e. The molecule has 0 heterocycles. The zero-order valence-electron chi connectivity index (χ0n) is 10.6. The van der Waals surface area contributed by atoms with Crippen LogP contribution in [0.3, 0.4) is 0 Å². The summed E-state index contributed by atoms with van der Waals surface area (Å²) in [6.45, 7) is -2.57. The summed E-state index contributed by atoms with van der Waals surface area (Å²) in [4.78, 5) is 11.1. The molecule has 2 nitrogen and oxygen atoms in total. The minimum Gasteiger partial charge on any atom is -0.466 e. The Bertz CT molecular complexity index is 211. The first-order valence-corrected chi connectivity index (χ1v) is 2.84. The Morgan fingerprint density at radius 1 is 2.00 bits per heavy atom. The van der Waals surface area contributed by atoms with Crippen molar-refractivity contribution in [2.24, 2.45) is 5.92 Å². The van der Waals surface area contributed by atoms with Crippen molar-refractivity contribution in [3.63, 3.8) is 0 Å². The lowest BCUT2D eigenvalue weighted by Gasteiger charge is -2.05. The van der Waals surface area contributed by atoms with E-state index in [0.29, 0.717) is 6.42 Å². The second-order valence-electron chi connectivity index (χ2n) is 1.83. The third-order valence-corrected chi connectivity index (χ3v) is 1.17. The number of carbonyl (C=O) groups excluding carboxylic acids is 1. The van der Waals surface area contributed by atoms with E-state index in [4.69, 9.17) is 6.85 Å². The maximum absolute atomic E-state index is 11.1. The molecule has 0 aromatic heterocycles. The SMILES string of the molecule is [2H]C([2H])([2H])C([2H])([2H])OC(=O)[C@@H](C)CC. The summed E-state index contributed by atoms with van der Waals surface area (Å²) in [5.74, 6) is -1.32. The molecule has 9 heavy (non-hydrogen) atoms. The Kier molecular flexibility index (Phi) is 1.47. The van der Waals surface area contributed by atoms with Gasteiger partial charge in [-0.2, -0.15) is 0 Å². The standard InChI is InChI=1S/C7H14O2/c1-4-6(3)7(8)9-5-2/h6H,4-5H2,1-3H3/t6-/m0/s1/i2D3,5D2. The Morgan fingerprint density at radius 3 is 3.11 bits per heavy atom. The molecular formula is C7H14O2. The van der Waals surface area contributed by atoms with Crippen LogP contribution >= 0.6 is 0 Å². The maximum atomic E-state index is 11.1. The molecule has 54 valence electrons.